The number of hydrogen-bond acceptors (Lipinski definition) is 5. The molecule has 0 fully saturated rings. The predicted octanol–water partition coefficient (Wildman–Crippen LogP) is 3.16. The number of H-pyrrole nitrogens is 1. The normalized spacial score (nSPS) is 11.4. The lowest BCUT2D eigenvalue weighted by molar-refractivity contribution is 0.659. The van der Waals surface area contributed by atoms with Gasteiger partial charge in [0, 0.05) is 18.6 Å². The van der Waals surface area contributed by atoms with Gasteiger partial charge in [0.2, 0.25) is 5.95 Å². The van der Waals surface area contributed by atoms with E-state index in [0.717, 1.165) is 18.4 Å². The molecular weight excluding hydrogens is 416 g/mol. The van der Waals surface area contributed by atoms with Gasteiger partial charge in [-0.3, -0.25) is 14.3 Å². The third-order valence-electron chi connectivity index (χ3n) is 4.95. The second-order valence-corrected chi connectivity index (χ2v) is 7.52. The van der Waals surface area contributed by atoms with Crippen LogP contribution in [0.2, 0.25) is 5.02 Å². The van der Waals surface area contributed by atoms with E-state index in [1.54, 1.807) is 30.0 Å². The number of aromatic amines is 1. The quantitative estimate of drug-likeness (QED) is 0.343. The number of nitrogens with one attached hydrogen (secondary N) is 2. The average molecular weight is 437 g/mol. The number of anilines is 1. The topological polar surface area (TPSA) is 97.1 Å². The minimum Gasteiger partial charge on any atom is -0.303 e. The van der Waals surface area contributed by atoms with Crippen molar-refractivity contribution in [2.75, 3.05) is 5.43 Å². The van der Waals surface area contributed by atoms with Crippen LogP contribution >= 0.6 is 11.6 Å². The predicted molar refractivity (Wildman–Crippen MR) is 123 cm³/mol. The first-order chi connectivity index (χ1) is 15.0. The molecule has 0 saturated heterocycles. The number of nitrogens with zero attached hydrogens (tertiary/aromatic N) is 4. The molecule has 0 unspecified atom stereocenters. The van der Waals surface area contributed by atoms with Gasteiger partial charge in [-0.25, -0.2) is 10.2 Å². The highest BCUT2D eigenvalue weighted by Gasteiger charge is 2.17. The second kappa shape index (κ2) is 9.01. The standard InChI is InChI=1S/C22H21ClN6O2/c1-28-19-18(20(30)26-22(28)31)29(13-5-8-15-6-3-2-4-7-15)21(25-19)27-24-14-16-9-11-17(23)12-10-16/h2-4,6-7,9-12,14H,5,8,13H2,1H3,(H,25,27)(H,26,30,31)/b24-14+. The molecule has 0 radical (unpaired) electrons. The SMILES string of the molecule is Cn1c(=O)[nH]c(=O)c2c1nc(N/N=C/c1ccc(Cl)cc1)n2CCCc1ccccc1. The van der Waals surface area contributed by atoms with Crippen LogP contribution < -0.4 is 16.7 Å². The number of imidazole rings is 1. The molecule has 0 atom stereocenters. The summed E-state index contributed by atoms with van der Waals surface area (Å²) < 4.78 is 3.08. The van der Waals surface area contributed by atoms with Crippen molar-refractivity contribution < 1.29 is 0 Å². The van der Waals surface area contributed by atoms with Crippen molar-refractivity contribution in [2.24, 2.45) is 12.1 Å². The van der Waals surface area contributed by atoms with Crippen LogP contribution in [0, 0.1) is 0 Å². The van der Waals surface area contributed by atoms with Gasteiger partial charge in [0.1, 0.15) is 0 Å². The van der Waals surface area contributed by atoms with Crippen LogP contribution in [0.1, 0.15) is 17.5 Å². The Balaban J connectivity index is 1.64. The van der Waals surface area contributed by atoms with E-state index in [1.165, 1.54) is 10.1 Å². The van der Waals surface area contributed by atoms with Crippen molar-refractivity contribution in [1.82, 2.24) is 19.1 Å². The van der Waals surface area contributed by atoms with Crippen molar-refractivity contribution in [3.63, 3.8) is 0 Å². The van der Waals surface area contributed by atoms with Gasteiger partial charge in [0.25, 0.3) is 5.56 Å². The molecule has 2 N–H and O–H groups in total. The number of halogens is 1. The number of fused-ring (bicyclic) bond motifs is 1. The van der Waals surface area contributed by atoms with Crippen LogP contribution in [0.4, 0.5) is 5.95 Å². The zero-order chi connectivity index (χ0) is 21.8. The summed E-state index contributed by atoms with van der Waals surface area (Å²) in [7, 11) is 1.57. The average Bonchev–Trinajstić information content (AvgIpc) is 3.13. The van der Waals surface area contributed by atoms with Gasteiger partial charge < -0.3 is 4.57 Å². The summed E-state index contributed by atoms with van der Waals surface area (Å²) in [5.74, 6) is 0.389. The number of benzene rings is 2. The lowest BCUT2D eigenvalue weighted by Crippen LogP contribution is -2.29. The van der Waals surface area contributed by atoms with E-state index in [4.69, 9.17) is 11.6 Å². The molecule has 31 heavy (non-hydrogen) atoms. The van der Waals surface area contributed by atoms with E-state index in [0.29, 0.717) is 28.7 Å². The van der Waals surface area contributed by atoms with Crippen LogP contribution in [-0.2, 0) is 20.0 Å². The Labute approximate surface area is 182 Å². The summed E-state index contributed by atoms with van der Waals surface area (Å²) >= 11 is 5.91. The summed E-state index contributed by atoms with van der Waals surface area (Å²) in [6.45, 7) is 0.533. The molecule has 0 spiro atoms. The Hall–Kier alpha value is -3.65. The fraction of sp³-hybridized carbons (Fsp3) is 0.182. The van der Waals surface area contributed by atoms with E-state index in [-0.39, 0.29) is 0 Å². The van der Waals surface area contributed by atoms with Gasteiger partial charge in [0.05, 0.1) is 6.21 Å². The monoisotopic (exact) mass is 436 g/mol. The lowest BCUT2D eigenvalue weighted by Gasteiger charge is -2.08. The first-order valence-corrected chi connectivity index (χ1v) is 10.2. The third-order valence-corrected chi connectivity index (χ3v) is 5.20. The van der Waals surface area contributed by atoms with Crippen LogP contribution in [-0.4, -0.2) is 25.3 Å². The molecule has 0 amide bonds. The maximum Gasteiger partial charge on any atom is 0.329 e. The van der Waals surface area contributed by atoms with Crippen molar-refractivity contribution in [2.45, 2.75) is 19.4 Å². The highest BCUT2D eigenvalue weighted by molar-refractivity contribution is 6.30. The third kappa shape index (κ3) is 4.59. The molecular formula is C22H21ClN6O2. The van der Waals surface area contributed by atoms with Crippen LogP contribution in [0.5, 0.6) is 0 Å². The number of aromatic nitrogens is 4. The molecule has 158 valence electrons. The van der Waals surface area contributed by atoms with E-state index in [1.807, 2.05) is 30.3 Å². The minimum atomic E-state index is -0.511. The first kappa shape index (κ1) is 20.6. The van der Waals surface area contributed by atoms with Crippen LogP contribution in [0.15, 0.2) is 69.3 Å². The number of aryl methyl sites for hydroxylation is 3. The zero-order valence-electron chi connectivity index (χ0n) is 16.9. The molecule has 0 bridgehead atoms. The van der Waals surface area contributed by atoms with Gasteiger partial charge in [-0.05, 0) is 36.1 Å². The smallest absolute Gasteiger partial charge is 0.303 e. The van der Waals surface area contributed by atoms with E-state index in [2.05, 4.69) is 32.6 Å². The highest BCUT2D eigenvalue weighted by Crippen LogP contribution is 2.17. The van der Waals surface area contributed by atoms with Crippen LogP contribution in [0.25, 0.3) is 11.2 Å². The largest absolute Gasteiger partial charge is 0.329 e. The molecule has 4 rings (SSSR count). The molecule has 0 aliphatic heterocycles. The van der Waals surface area contributed by atoms with E-state index >= 15 is 0 Å². The maximum atomic E-state index is 12.5. The van der Waals surface area contributed by atoms with Crippen molar-refractivity contribution in [3.05, 3.63) is 91.6 Å². The molecule has 8 nitrogen and oxygen atoms in total. The Morgan fingerprint density at radius 1 is 1.13 bits per heavy atom. The maximum absolute atomic E-state index is 12.5. The zero-order valence-corrected chi connectivity index (χ0v) is 17.6. The fourth-order valence-electron chi connectivity index (χ4n) is 3.34. The molecule has 4 aromatic rings. The van der Waals surface area contributed by atoms with E-state index < -0.39 is 11.2 Å². The lowest BCUT2D eigenvalue weighted by atomic mass is 10.1. The molecule has 2 heterocycles. The Bertz CT molecular complexity index is 1340. The van der Waals surface area contributed by atoms with Gasteiger partial charge >= 0.3 is 5.69 Å². The molecule has 9 heteroatoms. The Morgan fingerprint density at radius 2 is 1.87 bits per heavy atom. The molecule has 0 aliphatic rings. The molecule has 2 aromatic heterocycles. The number of hydrogen-bond donors (Lipinski definition) is 2. The summed E-state index contributed by atoms with van der Waals surface area (Å²) in [5, 5.41) is 4.89. The molecule has 0 aliphatic carbocycles. The number of rotatable bonds is 7. The van der Waals surface area contributed by atoms with Gasteiger partial charge in [-0.2, -0.15) is 10.1 Å². The van der Waals surface area contributed by atoms with E-state index in [9.17, 15) is 9.59 Å². The highest BCUT2D eigenvalue weighted by atomic mass is 35.5. The number of hydrazone groups is 1. The van der Waals surface area contributed by atoms with Gasteiger partial charge in [0.15, 0.2) is 11.2 Å². The summed E-state index contributed by atoms with van der Waals surface area (Å²) in [6, 6.07) is 17.3. The first-order valence-electron chi connectivity index (χ1n) is 9.81. The van der Waals surface area contributed by atoms with Crippen molar-refractivity contribution in [1.29, 1.82) is 0 Å². The summed E-state index contributed by atoms with van der Waals surface area (Å²) in [6.07, 6.45) is 3.26. The Morgan fingerprint density at radius 3 is 2.61 bits per heavy atom. The molecule has 2 aromatic carbocycles. The minimum absolute atomic E-state index is 0.303. The summed E-state index contributed by atoms with van der Waals surface area (Å²) in [5.41, 5.74) is 4.63. The van der Waals surface area contributed by atoms with Gasteiger partial charge in [-0.1, -0.05) is 54.1 Å². The fourth-order valence-corrected chi connectivity index (χ4v) is 3.46. The van der Waals surface area contributed by atoms with Crippen molar-refractivity contribution in [3.8, 4) is 0 Å². The van der Waals surface area contributed by atoms with Crippen molar-refractivity contribution >= 4 is 34.9 Å². The summed E-state index contributed by atoms with van der Waals surface area (Å²) in [4.78, 5) is 31.3. The Kier molecular flexibility index (Phi) is 5.99. The second-order valence-electron chi connectivity index (χ2n) is 7.09. The molecule has 0 saturated carbocycles. The van der Waals surface area contributed by atoms with Gasteiger partial charge in [-0.15, -0.1) is 0 Å². The van der Waals surface area contributed by atoms with Crippen LogP contribution in [0.3, 0.4) is 0 Å².